The quantitative estimate of drug-likeness (QED) is 0.529. The van der Waals surface area contributed by atoms with E-state index in [1.54, 1.807) is 0 Å². The molecule has 0 aromatic carbocycles. The number of unbranched alkanes of at least 4 members (excludes halogenated alkanes) is 2. The zero-order chi connectivity index (χ0) is 14.2. The van der Waals surface area contributed by atoms with Crippen LogP contribution in [0.15, 0.2) is 0 Å². The molecule has 0 bridgehead atoms. The molecule has 0 saturated heterocycles. The smallest absolute Gasteiger partial charge is 0.136 e. The van der Waals surface area contributed by atoms with Crippen LogP contribution in [0.3, 0.4) is 0 Å². The summed E-state index contributed by atoms with van der Waals surface area (Å²) in [6.45, 7) is 2.23. The topological polar surface area (TPSA) is 17.1 Å². The van der Waals surface area contributed by atoms with E-state index in [9.17, 15) is 4.79 Å². The van der Waals surface area contributed by atoms with Crippen molar-refractivity contribution in [2.24, 2.45) is 17.8 Å². The highest BCUT2D eigenvalue weighted by Gasteiger charge is 2.35. The van der Waals surface area contributed by atoms with Crippen LogP contribution in [-0.2, 0) is 4.79 Å². The first-order valence-electron chi connectivity index (χ1n) is 9.35. The van der Waals surface area contributed by atoms with Crippen molar-refractivity contribution in [2.75, 3.05) is 0 Å². The van der Waals surface area contributed by atoms with E-state index in [0.717, 1.165) is 24.7 Å². The first-order valence-corrected chi connectivity index (χ1v) is 9.35. The predicted molar refractivity (Wildman–Crippen MR) is 85.8 cm³/mol. The fourth-order valence-corrected chi connectivity index (χ4v) is 4.61. The third-order valence-electron chi connectivity index (χ3n) is 5.71. The number of Topliss-reactive ketones (excluding diaryl/α,β-unsaturated/α-hetero) is 1. The van der Waals surface area contributed by atoms with Crippen molar-refractivity contribution in [2.45, 2.75) is 96.8 Å². The molecule has 2 saturated carbocycles. The van der Waals surface area contributed by atoms with Gasteiger partial charge in [-0.15, -0.1) is 0 Å². The molecule has 0 aromatic rings. The number of hydrogen-bond donors (Lipinski definition) is 0. The van der Waals surface area contributed by atoms with E-state index >= 15 is 0 Å². The Bertz CT molecular complexity index is 253. The molecule has 20 heavy (non-hydrogen) atoms. The zero-order valence-corrected chi connectivity index (χ0v) is 13.5. The first-order chi connectivity index (χ1) is 9.83. The molecular formula is C19H34O. The van der Waals surface area contributed by atoms with Crippen LogP contribution < -0.4 is 0 Å². The van der Waals surface area contributed by atoms with Crippen LogP contribution >= 0.6 is 0 Å². The normalized spacial score (nSPS) is 22.3. The maximum atomic E-state index is 12.8. The van der Waals surface area contributed by atoms with Crippen molar-refractivity contribution < 1.29 is 4.79 Å². The lowest BCUT2D eigenvalue weighted by atomic mass is 9.67. The molecule has 0 N–H and O–H groups in total. The third-order valence-corrected chi connectivity index (χ3v) is 5.71. The highest BCUT2D eigenvalue weighted by atomic mass is 16.1. The van der Waals surface area contributed by atoms with E-state index in [4.69, 9.17) is 0 Å². The Labute approximate surface area is 125 Å². The Hall–Kier alpha value is -0.330. The largest absolute Gasteiger partial charge is 0.299 e. The second-order valence-corrected chi connectivity index (χ2v) is 7.25. The van der Waals surface area contributed by atoms with Gasteiger partial charge in [0.1, 0.15) is 5.78 Å². The molecule has 2 aliphatic carbocycles. The van der Waals surface area contributed by atoms with Crippen molar-refractivity contribution in [3.8, 4) is 0 Å². The summed E-state index contributed by atoms with van der Waals surface area (Å²) in [5.74, 6) is 2.55. The molecule has 2 fully saturated rings. The van der Waals surface area contributed by atoms with Gasteiger partial charge < -0.3 is 0 Å². The molecule has 0 radical (unpaired) electrons. The minimum atomic E-state index is 0.437. The van der Waals surface area contributed by atoms with Gasteiger partial charge >= 0.3 is 0 Å². The number of hydrogen-bond acceptors (Lipinski definition) is 1. The van der Waals surface area contributed by atoms with Crippen molar-refractivity contribution in [1.82, 2.24) is 0 Å². The van der Waals surface area contributed by atoms with E-state index in [0.29, 0.717) is 11.7 Å². The summed E-state index contributed by atoms with van der Waals surface area (Å²) in [5.41, 5.74) is 0. The molecular weight excluding hydrogens is 244 g/mol. The summed E-state index contributed by atoms with van der Waals surface area (Å²) < 4.78 is 0. The van der Waals surface area contributed by atoms with Gasteiger partial charge in [0.05, 0.1) is 0 Å². The summed E-state index contributed by atoms with van der Waals surface area (Å²) in [7, 11) is 0. The van der Waals surface area contributed by atoms with Crippen molar-refractivity contribution >= 4 is 5.78 Å². The Balaban J connectivity index is 1.95. The summed E-state index contributed by atoms with van der Waals surface area (Å²) in [6.07, 6.45) is 18.1. The highest BCUT2D eigenvalue weighted by Crippen LogP contribution is 2.41. The van der Waals surface area contributed by atoms with E-state index in [2.05, 4.69) is 6.92 Å². The van der Waals surface area contributed by atoms with Gasteiger partial charge in [0.25, 0.3) is 0 Å². The van der Waals surface area contributed by atoms with Gasteiger partial charge in [-0.1, -0.05) is 58.3 Å². The summed E-state index contributed by atoms with van der Waals surface area (Å²) in [4.78, 5) is 12.8. The van der Waals surface area contributed by atoms with E-state index in [1.807, 2.05) is 0 Å². The molecule has 0 aromatic heterocycles. The zero-order valence-electron chi connectivity index (χ0n) is 13.5. The van der Waals surface area contributed by atoms with Gasteiger partial charge in [-0.3, -0.25) is 4.79 Å². The Morgan fingerprint density at radius 1 is 0.850 bits per heavy atom. The van der Waals surface area contributed by atoms with Crippen molar-refractivity contribution in [3.63, 3.8) is 0 Å². The minimum absolute atomic E-state index is 0.437. The second-order valence-electron chi connectivity index (χ2n) is 7.25. The molecule has 0 unspecified atom stereocenters. The van der Waals surface area contributed by atoms with Crippen LogP contribution in [0.5, 0.6) is 0 Å². The van der Waals surface area contributed by atoms with E-state index < -0.39 is 0 Å². The molecule has 2 rings (SSSR count). The number of carbonyl (C=O) groups is 1. The van der Waals surface area contributed by atoms with Crippen LogP contribution in [0, 0.1) is 17.8 Å². The van der Waals surface area contributed by atoms with Gasteiger partial charge in [0.2, 0.25) is 0 Å². The Kier molecular flexibility index (Phi) is 7.10. The SMILES string of the molecule is CCCCCC(=O)C(C1CCCCC1)C1CCCCC1. The highest BCUT2D eigenvalue weighted by molar-refractivity contribution is 5.81. The van der Waals surface area contributed by atoms with Gasteiger partial charge in [-0.2, -0.15) is 0 Å². The Morgan fingerprint density at radius 3 is 1.80 bits per heavy atom. The van der Waals surface area contributed by atoms with Crippen molar-refractivity contribution in [3.05, 3.63) is 0 Å². The minimum Gasteiger partial charge on any atom is -0.299 e. The average molecular weight is 278 g/mol. The maximum Gasteiger partial charge on any atom is 0.136 e. The fraction of sp³-hybridized carbons (Fsp3) is 0.947. The van der Waals surface area contributed by atoms with Gasteiger partial charge in [0, 0.05) is 12.3 Å². The fourth-order valence-electron chi connectivity index (χ4n) is 4.61. The summed E-state index contributed by atoms with van der Waals surface area (Å²) >= 11 is 0. The molecule has 1 nitrogen and oxygen atoms in total. The van der Waals surface area contributed by atoms with Crippen LogP contribution in [0.25, 0.3) is 0 Å². The summed E-state index contributed by atoms with van der Waals surface area (Å²) in [5, 5.41) is 0. The second kappa shape index (κ2) is 8.85. The number of rotatable bonds is 7. The number of carbonyl (C=O) groups excluding carboxylic acids is 1. The standard InChI is InChI=1S/C19H34O/c1-2-3-6-15-18(20)19(16-11-7-4-8-12-16)17-13-9-5-10-14-17/h16-17,19H,2-15H2,1H3. The van der Waals surface area contributed by atoms with E-state index in [1.165, 1.54) is 77.0 Å². The first kappa shape index (κ1) is 16.0. The lowest BCUT2D eigenvalue weighted by molar-refractivity contribution is -0.127. The molecule has 0 amide bonds. The lowest BCUT2D eigenvalue weighted by Crippen LogP contribution is -2.33. The molecule has 116 valence electrons. The van der Waals surface area contributed by atoms with Crippen molar-refractivity contribution in [1.29, 1.82) is 0 Å². The third kappa shape index (κ3) is 4.60. The maximum absolute atomic E-state index is 12.8. The van der Waals surface area contributed by atoms with Crippen LogP contribution in [-0.4, -0.2) is 5.78 Å². The van der Waals surface area contributed by atoms with Crippen LogP contribution in [0.2, 0.25) is 0 Å². The molecule has 0 heterocycles. The van der Waals surface area contributed by atoms with Gasteiger partial charge in [-0.05, 0) is 43.9 Å². The van der Waals surface area contributed by atoms with Crippen LogP contribution in [0.4, 0.5) is 0 Å². The van der Waals surface area contributed by atoms with Crippen LogP contribution in [0.1, 0.15) is 96.8 Å². The monoisotopic (exact) mass is 278 g/mol. The molecule has 0 aliphatic heterocycles. The summed E-state index contributed by atoms with van der Waals surface area (Å²) in [6, 6.07) is 0. The molecule has 0 atom stereocenters. The van der Waals surface area contributed by atoms with E-state index in [-0.39, 0.29) is 0 Å². The average Bonchev–Trinajstić information content (AvgIpc) is 2.50. The lowest BCUT2D eigenvalue weighted by Gasteiger charge is -2.37. The predicted octanol–water partition coefficient (Wildman–Crippen LogP) is 5.91. The van der Waals surface area contributed by atoms with Gasteiger partial charge in [0.15, 0.2) is 0 Å². The molecule has 1 heteroatoms. The molecule has 0 spiro atoms. The number of ketones is 1. The molecule has 2 aliphatic rings. The Morgan fingerprint density at radius 2 is 1.35 bits per heavy atom. The van der Waals surface area contributed by atoms with Gasteiger partial charge in [-0.25, -0.2) is 0 Å².